The quantitative estimate of drug-likeness (QED) is 0.120. The number of rotatable bonds is 19. The molecule has 0 aliphatic carbocycles. The Morgan fingerprint density at radius 1 is 0.618 bits per heavy atom. The van der Waals surface area contributed by atoms with E-state index < -0.39 is 10.1 Å². The van der Waals surface area contributed by atoms with Crippen molar-refractivity contribution >= 4 is 50.4 Å². The van der Waals surface area contributed by atoms with Gasteiger partial charge in [-0.15, -0.1) is 0 Å². The summed E-state index contributed by atoms with van der Waals surface area (Å²) in [5.74, 6) is 0. The molecule has 2 aromatic rings. The molecule has 0 aromatic heterocycles. The molecule has 0 aliphatic rings. The Morgan fingerprint density at radius 2 is 1.06 bits per heavy atom. The summed E-state index contributed by atoms with van der Waals surface area (Å²) in [6.45, 7) is 2.28. The van der Waals surface area contributed by atoms with Gasteiger partial charge in [0.05, 0.1) is 0 Å². The number of benzene rings is 2. The fourth-order valence-electron chi connectivity index (χ4n) is 4.83. The van der Waals surface area contributed by atoms with Crippen molar-refractivity contribution < 1.29 is 13.0 Å². The third-order valence-electron chi connectivity index (χ3n) is 6.77. The largest absolute Gasteiger partial charge is 0.295 e. The van der Waals surface area contributed by atoms with Crippen molar-refractivity contribution in [2.45, 2.75) is 127 Å². The SMILES string of the molecule is CCCCCCCCCCCCCCCCCCCc1ccc2ccccc2c1S(=O)(=O)O.[Na]. The zero-order valence-electron chi connectivity index (χ0n) is 21.9. The number of aryl methyl sites for hydroxylation is 1. The molecular weight excluding hydrogens is 451 g/mol. The van der Waals surface area contributed by atoms with Gasteiger partial charge in [0, 0.05) is 34.9 Å². The van der Waals surface area contributed by atoms with Gasteiger partial charge in [0.25, 0.3) is 10.1 Å². The van der Waals surface area contributed by atoms with E-state index in [0.29, 0.717) is 11.8 Å². The summed E-state index contributed by atoms with van der Waals surface area (Å²) in [4.78, 5) is 0.0945. The molecule has 0 heterocycles. The van der Waals surface area contributed by atoms with E-state index in [4.69, 9.17) is 0 Å². The second-order valence-corrected chi connectivity index (χ2v) is 11.0. The van der Waals surface area contributed by atoms with E-state index >= 15 is 0 Å². The van der Waals surface area contributed by atoms with Crippen LogP contribution in [0, 0.1) is 0 Å². The summed E-state index contributed by atoms with van der Waals surface area (Å²) < 4.78 is 33.8. The van der Waals surface area contributed by atoms with E-state index in [-0.39, 0.29) is 34.5 Å². The minimum atomic E-state index is -4.23. The second-order valence-electron chi connectivity index (χ2n) is 9.66. The topological polar surface area (TPSA) is 54.4 Å². The summed E-state index contributed by atoms with van der Waals surface area (Å²) in [5.41, 5.74) is 0.733. The molecule has 0 aliphatic heterocycles. The average molecular weight is 498 g/mol. The summed E-state index contributed by atoms with van der Waals surface area (Å²) >= 11 is 0. The van der Waals surface area contributed by atoms with Crippen LogP contribution >= 0.6 is 0 Å². The Labute approximate surface area is 231 Å². The number of hydrogen-bond donors (Lipinski definition) is 1. The molecule has 1 N–H and O–H groups in total. The smallest absolute Gasteiger partial charge is 0.282 e. The van der Waals surface area contributed by atoms with E-state index in [1.807, 2.05) is 30.3 Å². The van der Waals surface area contributed by atoms with Crippen molar-refractivity contribution in [3.05, 3.63) is 42.0 Å². The van der Waals surface area contributed by atoms with Gasteiger partial charge in [-0.2, -0.15) is 8.42 Å². The fraction of sp³-hybridized carbons (Fsp3) is 0.655. The zero-order valence-corrected chi connectivity index (χ0v) is 24.7. The fourth-order valence-corrected chi connectivity index (χ4v) is 5.80. The van der Waals surface area contributed by atoms with E-state index in [1.165, 1.54) is 96.3 Å². The monoisotopic (exact) mass is 497 g/mol. The van der Waals surface area contributed by atoms with Gasteiger partial charge < -0.3 is 0 Å². The number of unbranched alkanes of at least 4 members (excludes halogenated alkanes) is 16. The summed E-state index contributed by atoms with van der Waals surface area (Å²) in [6, 6.07) is 11.2. The van der Waals surface area contributed by atoms with Gasteiger partial charge in [0.15, 0.2) is 0 Å². The Bertz CT molecular complexity index is 895. The minimum absolute atomic E-state index is 0. The first-order valence-electron chi connectivity index (χ1n) is 13.5. The molecule has 2 aromatic carbocycles. The van der Waals surface area contributed by atoms with Crippen LogP contribution in [0.3, 0.4) is 0 Å². The van der Waals surface area contributed by atoms with E-state index in [2.05, 4.69) is 6.92 Å². The molecule has 5 heteroatoms. The normalized spacial score (nSPS) is 11.6. The standard InChI is InChI=1S/C29H46O3S.Na/c1-2-3-4-5-6-7-8-9-10-11-12-13-14-15-16-17-18-22-27-25-24-26-21-19-20-23-28(26)29(27)33(30,31)32;/h19-21,23-25H,2-18,22H2,1H3,(H,30,31,32);. The van der Waals surface area contributed by atoms with E-state index in [1.54, 1.807) is 6.07 Å². The van der Waals surface area contributed by atoms with Crippen molar-refractivity contribution in [3.8, 4) is 0 Å². The van der Waals surface area contributed by atoms with Crippen molar-refractivity contribution in [2.75, 3.05) is 0 Å². The van der Waals surface area contributed by atoms with Crippen LogP contribution in [0.1, 0.15) is 122 Å². The van der Waals surface area contributed by atoms with Gasteiger partial charge >= 0.3 is 0 Å². The van der Waals surface area contributed by atoms with Crippen LogP contribution in [0.5, 0.6) is 0 Å². The Morgan fingerprint density at radius 3 is 1.53 bits per heavy atom. The second kappa shape index (κ2) is 18.8. The predicted molar refractivity (Wildman–Crippen MR) is 147 cm³/mol. The van der Waals surface area contributed by atoms with E-state index in [0.717, 1.165) is 23.8 Å². The molecule has 2 rings (SSSR count). The van der Waals surface area contributed by atoms with Gasteiger partial charge in [-0.3, -0.25) is 4.55 Å². The maximum Gasteiger partial charge on any atom is 0.295 e. The molecule has 0 saturated heterocycles. The average Bonchev–Trinajstić information content (AvgIpc) is 2.80. The van der Waals surface area contributed by atoms with Gasteiger partial charge in [-0.05, 0) is 23.8 Å². The first kappa shape index (κ1) is 31.6. The van der Waals surface area contributed by atoms with Crippen molar-refractivity contribution in [2.24, 2.45) is 0 Å². The van der Waals surface area contributed by atoms with Crippen LogP contribution in [-0.2, 0) is 16.5 Å². The predicted octanol–water partition coefficient (Wildman–Crippen LogP) is 8.90. The molecule has 0 unspecified atom stereocenters. The van der Waals surface area contributed by atoms with Crippen molar-refractivity contribution in [1.29, 1.82) is 0 Å². The molecule has 34 heavy (non-hydrogen) atoms. The van der Waals surface area contributed by atoms with Crippen LogP contribution < -0.4 is 0 Å². The first-order chi connectivity index (χ1) is 16.0. The maximum atomic E-state index is 12.0. The van der Waals surface area contributed by atoms with Crippen molar-refractivity contribution in [1.82, 2.24) is 0 Å². The Balaban J connectivity index is 0.00000578. The molecule has 1 radical (unpaired) electrons. The Hall–Kier alpha value is -0.390. The van der Waals surface area contributed by atoms with Crippen LogP contribution in [-0.4, -0.2) is 42.5 Å². The molecule has 0 fully saturated rings. The summed E-state index contributed by atoms with van der Waals surface area (Å²) in [7, 11) is -4.23. The summed E-state index contributed by atoms with van der Waals surface area (Å²) in [5, 5.41) is 1.46. The molecule has 0 spiro atoms. The van der Waals surface area contributed by atoms with Crippen LogP contribution in [0.4, 0.5) is 0 Å². The van der Waals surface area contributed by atoms with Gasteiger partial charge in [-0.1, -0.05) is 146 Å². The number of hydrogen-bond acceptors (Lipinski definition) is 2. The van der Waals surface area contributed by atoms with Gasteiger partial charge in [0.1, 0.15) is 4.90 Å². The maximum absolute atomic E-state index is 12.0. The molecule has 0 atom stereocenters. The van der Waals surface area contributed by atoms with Crippen molar-refractivity contribution in [3.63, 3.8) is 0 Å². The van der Waals surface area contributed by atoms with Crippen LogP contribution in [0.15, 0.2) is 41.3 Å². The molecule has 0 amide bonds. The number of fused-ring (bicyclic) bond motifs is 1. The van der Waals surface area contributed by atoms with Gasteiger partial charge in [-0.25, -0.2) is 0 Å². The summed E-state index contributed by atoms with van der Waals surface area (Å²) in [6.07, 6.45) is 23.3. The third-order valence-corrected chi connectivity index (χ3v) is 7.77. The zero-order chi connectivity index (χ0) is 23.8. The Kier molecular flexibility index (Phi) is 17.5. The molecular formula is C29H46NaO3S. The molecule has 187 valence electrons. The van der Waals surface area contributed by atoms with Crippen LogP contribution in [0.2, 0.25) is 0 Å². The first-order valence-corrected chi connectivity index (χ1v) is 15.0. The molecule has 0 saturated carbocycles. The minimum Gasteiger partial charge on any atom is -0.282 e. The molecule has 3 nitrogen and oxygen atoms in total. The third kappa shape index (κ3) is 12.5. The van der Waals surface area contributed by atoms with Gasteiger partial charge in [0.2, 0.25) is 0 Å². The molecule has 0 bridgehead atoms. The van der Waals surface area contributed by atoms with E-state index in [9.17, 15) is 13.0 Å². The van der Waals surface area contributed by atoms with Crippen LogP contribution in [0.25, 0.3) is 10.8 Å².